The van der Waals surface area contributed by atoms with Gasteiger partial charge in [0.1, 0.15) is 0 Å². The topological polar surface area (TPSA) is 102 Å². The van der Waals surface area contributed by atoms with E-state index < -0.39 is 0 Å². The van der Waals surface area contributed by atoms with Gasteiger partial charge in [-0.25, -0.2) is 9.97 Å². The highest BCUT2D eigenvalue weighted by Gasteiger charge is 2.14. The van der Waals surface area contributed by atoms with Crippen LogP contribution in [0.4, 0.5) is 5.13 Å². The van der Waals surface area contributed by atoms with Crippen LogP contribution in [0.15, 0.2) is 46.9 Å². The first-order valence-corrected chi connectivity index (χ1v) is 8.52. The summed E-state index contributed by atoms with van der Waals surface area (Å²) in [5.41, 5.74) is 0.604. The molecule has 3 heterocycles. The fraction of sp³-hybridized carbons (Fsp3) is 0.250. The summed E-state index contributed by atoms with van der Waals surface area (Å²) in [7, 11) is 0. The van der Waals surface area contributed by atoms with Gasteiger partial charge in [-0.05, 0) is 19.1 Å². The number of thiazole rings is 1. The van der Waals surface area contributed by atoms with Crippen molar-refractivity contribution in [1.82, 2.24) is 19.9 Å². The zero-order chi connectivity index (χ0) is 17.6. The maximum absolute atomic E-state index is 12.1. The Balaban J connectivity index is 1.49. The number of rotatable bonds is 7. The normalized spacial score (nSPS) is 11.9. The smallest absolute Gasteiger partial charge is 0.293 e. The number of imidazole rings is 1. The Hall–Kier alpha value is -2.94. The van der Waals surface area contributed by atoms with Crippen LogP contribution in [0.1, 0.15) is 23.2 Å². The number of anilines is 1. The minimum Gasteiger partial charge on any atom is -0.459 e. The molecule has 1 atom stereocenters. The van der Waals surface area contributed by atoms with E-state index in [1.807, 2.05) is 17.7 Å². The predicted molar refractivity (Wildman–Crippen MR) is 92.3 cm³/mol. The lowest BCUT2D eigenvalue weighted by Gasteiger charge is -2.13. The molecule has 2 amide bonds. The Kier molecular flexibility index (Phi) is 5.24. The average Bonchev–Trinajstić information content (AvgIpc) is 3.28. The highest BCUT2D eigenvalue weighted by Crippen LogP contribution is 2.17. The Morgan fingerprint density at radius 3 is 3.04 bits per heavy atom. The fourth-order valence-electron chi connectivity index (χ4n) is 2.26. The molecule has 25 heavy (non-hydrogen) atoms. The van der Waals surface area contributed by atoms with E-state index in [1.165, 1.54) is 17.6 Å². The second-order valence-corrected chi connectivity index (χ2v) is 6.34. The summed E-state index contributed by atoms with van der Waals surface area (Å²) in [6.07, 6.45) is 6.83. The van der Waals surface area contributed by atoms with E-state index >= 15 is 0 Å². The second kappa shape index (κ2) is 7.75. The van der Waals surface area contributed by atoms with Gasteiger partial charge in [-0.3, -0.25) is 14.9 Å². The molecular formula is C16H17N5O3S. The van der Waals surface area contributed by atoms with Crippen LogP contribution < -0.4 is 10.6 Å². The summed E-state index contributed by atoms with van der Waals surface area (Å²) in [5.74, 6) is -0.283. The van der Waals surface area contributed by atoms with Crippen molar-refractivity contribution < 1.29 is 14.0 Å². The molecule has 0 saturated carbocycles. The quantitative estimate of drug-likeness (QED) is 0.671. The number of carbonyl (C=O) groups is 2. The van der Waals surface area contributed by atoms with E-state index in [0.717, 1.165) is 0 Å². The molecule has 0 saturated heterocycles. The summed E-state index contributed by atoms with van der Waals surface area (Å²) < 4.78 is 6.92. The average molecular weight is 359 g/mol. The summed E-state index contributed by atoms with van der Waals surface area (Å²) in [6, 6.07) is 3.18. The fourth-order valence-corrected chi connectivity index (χ4v) is 2.96. The van der Waals surface area contributed by atoms with Gasteiger partial charge in [-0.2, -0.15) is 0 Å². The zero-order valence-electron chi connectivity index (χ0n) is 13.5. The van der Waals surface area contributed by atoms with Gasteiger partial charge >= 0.3 is 0 Å². The van der Waals surface area contributed by atoms with Crippen molar-refractivity contribution in [3.8, 4) is 0 Å². The van der Waals surface area contributed by atoms with Crippen molar-refractivity contribution in [2.24, 2.45) is 0 Å². The number of nitrogens with one attached hydrogen (secondary N) is 2. The highest BCUT2D eigenvalue weighted by atomic mass is 32.1. The van der Waals surface area contributed by atoms with Crippen molar-refractivity contribution >= 4 is 28.3 Å². The van der Waals surface area contributed by atoms with Crippen LogP contribution in [0.5, 0.6) is 0 Å². The van der Waals surface area contributed by atoms with Crippen molar-refractivity contribution in [3.63, 3.8) is 0 Å². The summed E-state index contributed by atoms with van der Waals surface area (Å²) in [4.78, 5) is 32.2. The third-order valence-electron chi connectivity index (χ3n) is 3.31. The van der Waals surface area contributed by atoms with Crippen LogP contribution in [-0.2, 0) is 17.8 Å². The van der Waals surface area contributed by atoms with Crippen LogP contribution in [0, 0.1) is 0 Å². The minimum absolute atomic E-state index is 0.0292. The Morgan fingerprint density at radius 1 is 1.44 bits per heavy atom. The van der Waals surface area contributed by atoms with E-state index in [9.17, 15) is 9.59 Å². The number of nitrogens with zero attached hydrogens (tertiary/aromatic N) is 3. The number of furan rings is 1. The molecule has 130 valence electrons. The number of aromatic nitrogens is 3. The molecule has 0 spiro atoms. The van der Waals surface area contributed by atoms with Gasteiger partial charge in [0.05, 0.1) is 24.7 Å². The predicted octanol–water partition coefficient (Wildman–Crippen LogP) is 1.93. The highest BCUT2D eigenvalue weighted by molar-refractivity contribution is 7.14. The summed E-state index contributed by atoms with van der Waals surface area (Å²) >= 11 is 1.26. The second-order valence-electron chi connectivity index (χ2n) is 5.48. The largest absolute Gasteiger partial charge is 0.459 e. The minimum atomic E-state index is -0.371. The van der Waals surface area contributed by atoms with E-state index in [0.29, 0.717) is 17.4 Å². The van der Waals surface area contributed by atoms with Crippen LogP contribution >= 0.6 is 11.3 Å². The van der Waals surface area contributed by atoms with Gasteiger partial charge < -0.3 is 14.3 Å². The number of hydrogen-bond acceptors (Lipinski definition) is 6. The Morgan fingerprint density at radius 2 is 2.32 bits per heavy atom. The molecule has 0 aliphatic carbocycles. The van der Waals surface area contributed by atoms with E-state index in [1.54, 1.807) is 30.0 Å². The Labute approximate surface area is 147 Å². The molecule has 2 N–H and O–H groups in total. The molecule has 0 aromatic carbocycles. The number of carbonyl (C=O) groups excluding carboxylic acids is 2. The Bertz CT molecular complexity index is 826. The van der Waals surface area contributed by atoms with Crippen molar-refractivity contribution in [2.75, 3.05) is 5.32 Å². The van der Waals surface area contributed by atoms with Crippen molar-refractivity contribution in [1.29, 1.82) is 0 Å². The summed E-state index contributed by atoms with van der Waals surface area (Å²) in [5, 5.41) is 7.73. The van der Waals surface area contributed by atoms with Crippen LogP contribution in [0.3, 0.4) is 0 Å². The van der Waals surface area contributed by atoms with Crippen LogP contribution in [-0.4, -0.2) is 32.4 Å². The zero-order valence-corrected chi connectivity index (χ0v) is 14.3. The van der Waals surface area contributed by atoms with Gasteiger partial charge in [0.2, 0.25) is 5.91 Å². The van der Waals surface area contributed by atoms with Gasteiger partial charge in [0, 0.05) is 30.4 Å². The SMILES string of the molecule is CC(Cn1ccnc1)NC(=O)Cc1csc(NC(=O)c2ccco2)n1. The maximum atomic E-state index is 12.1. The lowest BCUT2D eigenvalue weighted by molar-refractivity contribution is -0.121. The van der Waals surface area contributed by atoms with E-state index in [2.05, 4.69) is 20.6 Å². The molecule has 3 aromatic rings. The van der Waals surface area contributed by atoms with Crippen LogP contribution in [0.25, 0.3) is 0 Å². The molecule has 0 bridgehead atoms. The molecule has 8 nitrogen and oxygen atoms in total. The van der Waals surface area contributed by atoms with E-state index in [-0.39, 0.29) is 30.0 Å². The molecule has 1 unspecified atom stereocenters. The first-order valence-electron chi connectivity index (χ1n) is 7.64. The first kappa shape index (κ1) is 16.9. The standard InChI is InChI=1S/C16H17N5O3S/c1-11(8-21-5-4-17-10-21)18-14(22)7-12-9-25-16(19-12)20-15(23)13-3-2-6-24-13/h2-6,9-11H,7-8H2,1H3,(H,18,22)(H,19,20,23). The number of amides is 2. The lowest BCUT2D eigenvalue weighted by Crippen LogP contribution is -2.36. The molecule has 3 aromatic heterocycles. The summed E-state index contributed by atoms with van der Waals surface area (Å²) in [6.45, 7) is 2.57. The first-order chi connectivity index (χ1) is 12.1. The van der Waals surface area contributed by atoms with Crippen molar-refractivity contribution in [3.05, 3.63) is 54.0 Å². The van der Waals surface area contributed by atoms with E-state index in [4.69, 9.17) is 4.42 Å². The monoisotopic (exact) mass is 359 g/mol. The van der Waals surface area contributed by atoms with Gasteiger partial charge in [0.25, 0.3) is 5.91 Å². The van der Waals surface area contributed by atoms with Crippen molar-refractivity contribution in [2.45, 2.75) is 25.9 Å². The maximum Gasteiger partial charge on any atom is 0.293 e. The third-order valence-corrected chi connectivity index (χ3v) is 4.12. The molecule has 0 aliphatic heterocycles. The molecular weight excluding hydrogens is 342 g/mol. The molecule has 0 aliphatic rings. The van der Waals surface area contributed by atoms with Gasteiger partial charge in [-0.1, -0.05) is 0 Å². The molecule has 0 fully saturated rings. The van der Waals surface area contributed by atoms with Gasteiger partial charge in [0.15, 0.2) is 10.9 Å². The van der Waals surface area contributed by atoms with Gasteiger partial charge in [-0.15, -0.1) is 11.3 Å². The molecule has 9 heteroatoms. The molecule has 3 rings (SSSR count). The molecule has 0 radical (unpaired) electrons. The third kappa shape index (κ3) is 4.77. The van der Waals surface area contributed by atoms with Crippen LogP contribution in [0.2, 0.25) is 0 Å². The lowest BCUT2D eigenvalue weighted by atomic mass is 10.2. The number of hydrogen-bond donors (Lipinski definition) is 2.